The van der Waals surface area contributed by atoms with Crippen molar-refractivity contribution in [1.82, 2.24) is 15.0 Å². The number of hydrogen-bond acceptors (Lipinski definition) is 9. The molecule has 40 heavy (non-hydrogen) atoms. The van der Waals surface area contributed by atoms with Crippen molar-refractivity contribution in [1.29, 1.82) is 0 Å². The lowest BCUT2D eigenvalue weighted by Gasteiger charge is -2.23. The van der Waals surface area contributed by atoms with E-state index in [1.54, 1.807) is 58.3 Å². The van der Waals surface area contributed by atoms with Gasteiger partial charge in [-0.2, -0.15) is 0 Å². The van der Waals surface area contributed by atoms with Gasteiger partial charge in [-0.05, 0) is 93.4 Å². The zero-order valence-electron chi connectivity index (χ0n) is 23.0. The molecule has 0 unspecified atom stereocenters. The number of aromatic nitrogens is 3. The van der Waals surface area contributed by atoms with Crippen LogP contribution in [0.4, 0.5) is 0 Å². The van der Waals surface area contributed by atoms with Crippen LogP contribution in [0.2, 0.25) is 0 Å². The predicted octanol–water partition coefficient (Wildman–Crippen LogP) is 6.66. The maximum absolute atomic E-state index is 14.1. The Balaban J connectivity index is 2.04. The Morgan fingerprint density at radius 1 is 0.600 bits per heavy atom. The molecular formula is C29H33N3O6P2. The van der Waals surface area contributed by atoms with Crippen LogP contribution in [0.15, 0.2) is 79.1 Å². The lowest BCUT2D eigenvalue weighted by Crippen LogP contribution is -2.19. The van der Waals surface area contributed by atoms with Gasteiger partial charge in [-0.1, -0.05) is 12.1 Å². The summed E-state index contributed by atoms with van der Waals surface area (Å²) >= 11 is 0. The Hall–Kier alpha value is -3.03. The minimum absolute atomic E-state index is 0.170. The molecule has 0 aliphatic carbocycles. The fourth-order valence-corrected chi connectivity index (χ4v) is 7.56. The molecule has 9 nitrogen and oxygen atoms in total. The molecule has 0 N–H and O–H groups in total. The van der Waals surface area contributed by atoms with Gasteiger partial charge in [0.25, 0.3) is 0 Å². The Bertz CT molecular complexity index is 1440. The van der Waals surface area contributed by atoms with Gasteiger partial charge in [0, 0.05) is 12.4 Å². The summed E-state index contributed by atoms with van der Waals surface area (Å²) in [5, 5.41) is 0.648. The molecule has 11 heteroatoms. The summed E-state index contributed by atoms with van der Waals surface area (Å²) in [6.45, 7) is 7.72. The van der Waals surface area contributed by atoms with E-state index in [9.17, 15) is 9.13 Å². The molecular weight excluding hydrogens is 548 g/mol. The monoisotopic (exact) mass is 581 g/mol. The summed E-state index contributed by atoms with van der Waals surface area (Å²) < 4.78 is 50.6. The molecule has 0 radical (unpaired) electrons. The van der Waals surface area contributed by atoms with Crippen LogP contribution in [0, 0.1) is 0 Å². The first-order chi connectivity index (χ1) is 19.4. The van der Waals surface area contributed by atoms with Gasteiger partial charge in [-0.3, -0.25) is 19.1 Å². The largest absolute Gasteiger partial charge is 0.361 e. The van der Waals surface area contributed by atoms with Crippen LogP contribution in [0.5, 0.6) is 0 Å². The Labute approximate surface area is 235 Å². The minimum atomic E-state index is -3.77. The maximum atomic E-state index is 14.1. The summed E-state index contributed by atoms with van der Waals surface area (Å²) in [7, 11) is -7.45. The van der Waals surface area contributed by atoms with E-state index in [1.165, 1.54) is 0 Å². The normalized spacial score (nSPS) is 12.0. The van der Waals surface area contributed by atoms with E-state index in [4.69, 9.17) is 23.1 Å². The second-order valence-corrected chi connectivity index (χ2v) is 12.4. The van der Waals surface area contributed by atoms with Gasteiger partial charge in [0.05, 0.1) is 59.8 Å². The first-order valence-corrected chi connectivity index (χ1v) is 16.2. The SMILES string of the molecule is CCOP(=O)(OCC)c1ccc(P(=O)(OCC)OCC)c(-c2cc(-c3ccccn3)nc(-c3ccccn3)c2)c1. The fourth-order valence-electron chi connectivity index (χ4n) is 4.18. The summed E-state index contributed by atoms with van der Waals surface area (Å²) in [6.07, 6.45) is 3.38. The Morgan fingerprint density at radius 3 is 1.55 bits per heavy atom. The predicted molar refractivity (Wildman–Crippen MR) is 157 cm³/mol. The third-order valence-electron chi connectivity index (χ3n) is 5.78. The van der Waals surface area contributed by atoms with E-state index in [0.29, 0.717) is 44.5 Å². The first kappa shape index (κ1) is 29.9. The van der Waals surface area contributed by atoms with Crippen molar-refractivity contribution in [2.24, 2.45) is 0 Å². The van der Waals surface area contributed by atoms with Crippen molar-refractivity contribution in [2.45, 2.75) is 27.7 Å². The fraction of sp³-hybridized carbons (Fsp3) is 0.276. The summed E-state index contributed by atoms with van der Waals surface area (Å²) in [6, 6.07) is 19.7. The second kappa shape index (κ2) is 13.6. The van der Waals surface area contributed by atoms with Crippen LogP contribution in [0.1, 0.15) is 27.7 Å². The van der Waals surface area contributed by atoms with Crippen molar-refractivity contribution in [3.8, 4) is 33.9 Å². The first-order valence-electron chi connectivity index (χ1n) is 13.2. The van der Waals surface area contributed by atoms with Gasteiger partial charge in [-0.15, -0.1) is 0 Å². The van der Waals surface area contributed by atoms with E-state index >= 15 is 0 Å². The van der Waals surface area contributed by atoms with Gasteiger partial charge in [0.2, 0.25) is 0 Å². The van der Waals surface area contributed by atoms with E-state index in [2.05, 4.69) is 9.97 Å². The quantitative estimate of drug-likeness (QED) is 0.160. The van der Waals surface area contributed by atoms with Crippen LogP contribution < -0.4 is 10.6 Å². The van der Waals surface area contributed by atoms with Crippen LogP contribution in [-0.2, 0) is 27.2 Å². The van der Waals surface area contributed by atoms with Crippen LogP contribution in [0.3, 0.4) is 0 Å². The minimum Gasteiger partial charge on any atom is -0.305 e. The molecule has 4 aromatic rings. The highest BCUT2D eigenvalue weighted by Crippen LogP contribution is 2.52. The summed E-state index contributed by atoms with van der Waals surface area (Å²) in [4.78, 5) is 13.8. The molecule has 0 bridgehead atoms. The Morgan fingerprint density at radius 2 is 1.10 bits per heavy atom. The number of nitrogens with zero attached hydrogens (tertiary/aromatic N) is 3. The standard InChI is InChI=1S/C29H33N3O6P2/c1-5-35-39(33,36-6-2)23-15-16-29(40(34,37-7-3)38-8-4)24(21-23)22-19-27(25-13-9-11-17-30-25)32-28(20-22)26-14-10-12-18-31-26/h9-21H,5-8H2,1-4H3. The highest BCUT2D eigenvalue weighted by atomic mass is 31.2. The van der Waals surface area contributed by atoms with Crippen LogP contribution in [0.25, 0.3) is 33.9 Å². The highest BCUT2D eigenvalue weighted by molar-refractivity contribution is 7.63. The number of rotatable bonds is 13. The molecule has 0 amide bonds. The smallest absolute Gasteiger partial charge is 0.305 e. The number of pyridine rings is 3. The molecule has 0 aliphatic heterocycles. The third-order valence-corrected chi connectivity index (χ3v) is 10.1. The second-order valence-electron chi connectivity index (χ2n) is 8.42. The van der Waals surface area contributed by atoms with Gasteiger partial charge in [-0.25, -0.2) is 4.98 Å². The zero-order valence-corrected chi connectivity index (χ0v) is 24.8. The maximum Gasteiger partial charge on any atom is 0.361 e. The number of hydrogen-bond donors (Lipinski definition) is 0. The molecule has 0 fully saturated rings. The van der Waals surface area contributed by atoms with E-state index in [0.717, 1.165) is 0 Å². The molecule has 0 aliphatic rings. The molecule has 4 rings (SSSR count). The van der Waals surface area contributed by atoms with Crippen molar-refractivity contribution in [3.63, 3.8) is 0 Å². The molecule has 3 aromatic heterocycles. The lowest BCUT2D eigenvalue weighted by molar-refractivity contribution is 0.228. The van der Waals surface area contributed by atoms with E-state index in [-0.39, 0.29) is 26.4 Å². The van der Waals surface area contributed by atoms with Crippen molar-refractivity contribution < 1.29 is 27.2 Å². The molecule has 0 spiro atoms. The third kappa shape index (κ3) is 6.64. The average Bonchev–Trinajstić information content (AvgIpc) is 2.98. The van der Waals surface area contributed by atoms with Crippen LogP contribution >= 0.6 is 15.2 Å². The van der Waals surface area contributed by atoms with Crippen molar-refractivity contribution >= 4 is 25.8 Å². The van der Waals surface area contributed by atoms with Gasteiger partial charge in [0.1, 0.15) is 0 Å². The number of benzene rings is 1. The van der Waals surface area contributed by atoms with Crippen molar-refractivity contribution in [3.05, 3.63) is 79.1 Å². The van der Waals surface area contributed by atoms with Crippen LogP contribution in [-0.4, -0.2) is 41.4 Å². The summed E-state index contributed by atoms with van der Waals surface area (Å²) in [5.41, 5.74) is 3.57. The van der Waals surface area contributed by atoms with Crippen molar-refractivity contribution in [2.75, 3.05) is 26.4 Å². The molecule has 0 atom stereocenters. The molecule has 3 heterocycles. The van der Waals surface area contributed by atoms with E-state index in [1.807, 2.05) is 48.5 Å². The van der Waals surface area contributed by atoms with E-state index < -0.39 is 15.2 Å². The van der Waals surface area contributed by atoms with Gasteiger partial charge < -0.3 is 18.1 Å². The molecule has 0 saturated carbocycles. The molecule has 0 saturated heterocycles. The van der Waals surface area contributed by atoms with Gasteiger partial charge in [0.15, 0.2) is 0 Å². The zero-order chi connectivity index (χ0) is 28.6. The average molecular weight is 582 g/mol. The lowest BCUT2D eigenvalue weighted by atomic mass is 10.0. The topological polar surface area (TPSA) is 110 Å². The molecule has 210 valence electrons. The molecule has 1 aromatic carbocycles. The Kier molecular flexibility index (Phi) is 10.1. The summed E-state index contributed by atoms with van der Waals surface area (Å²) in [5.74, 6) is 0. The highest BCUT2D eigenvalue weighted by Gasteiger charge is 2.34. The van der Waals surface area contributed by atoms with Gasteiger partial charge >= 0.3 is 15.2 Å².